The summed E-state index contributed by atoms with van der Waals surface area (Å²) < 4.78 is 26.6. The number of sulfonamides is 1. The molecule has 1 heterocycles. The lowest BCUT2D eigenvalue weighted by molar-refractivity contribution is 0.219. The van der Waals surface area contributed by atoms with E-state index in [0.29, 0.717) is 18.7 Å². The zero-order valence-corrected chi connectivity index (χ0v) is 12.6. The van der Waals surface area contributed by atoms with Crippen molar-refractivity contribution in [1.82, 2.24) is 9.62 Å². The minimum atomic E-state index is -3.50. The van der Waals surface area contributed by atoms with Crippen molar-refractivity contribution in [2.45, 2.75) is 30.2 Å². The summed E-state index contributed by atoms with van der Waals surface area (Å²) in [6.45, 7) is 3.10. The number of rotatable bonds is 3. The molecule has 6 heteroatoms. The highest BCUT2D eigenvalue weighted by atomic mass is 32.2. The molecule has 0 unspecified atom stereocenters. The lowest BCUT2D eigenvalue weighted by Crippen LogP contribution is -2.51. The summed E-state index contributed by atoms with van der Waals surface area (Å²) >= 11 is 0. The summed E-state index contributed by atoms with van der Waals surface area (Å²) in [4.78, 5) is 0.199. The van der Waals surface area contributed by atoms with Crippen molar-refractivity contribution in [3.63, 3.8) is 0 Å². The van der Waals surface area contributed by atoms with E-state index >= 15 is 0 Å². The molecule has 1 aliphatic heterocycles. The molecule has 0 atom stereocenters. The van der Waals surface area contributed by atoms with Gasteiger partial charge in [-0.05, 0) is 45.0 Å². The fourth-order valence-electron chi connectivity index (χ4n) is 2.35. The quantitative estimate of drug-likeness (QED) is 0.912. The zero-order chi connectivity index (χ0) is 14.8. The maximum Gasteiger partial charge on any atom is 0.243 e. The molecule has 1 N–H and O–H groups in total. The van der Waals surface area contributed by atoms with Crippen LogP contribution in [0.1, 0.15) is 25.3 Å². The van der Waals surface area contributed by atoms with E-state index < -0.39 is 10.0 Å². The van der Waals surface area contributed by atoms with Crippen LogP contribution in [-0.2, 0) is 10.0 Å². The second kappa shape index (κ2) is 5.52. The van der Waals surface area contributed by atoms with Crippen molar-refractivity contribution in [1.29, 1.82) is 5.26 Å². The number of nitrogens with one attached hydrogen (secondary N) is 1. The number of hydrogen-bond donors (Lipinski definition) is 1. The molecule has 1 saturated heterocycles. The van der Waals surface area contributed by atoms with Crippen LogP contribution in [0.5, 0.6) is 0 Å². The molecule has 0 aromatic heterocycles. The standard InChI is InChI=1S/C14H19N3O2S/c1-14(16-2)6-8-17(9-7-14)20(18,19)13-5-3-4-12(10-13)11-15/h3-5,10,16H,6-9H2,1-2H3. The molecule has 0 spiro atoms. The monoisotopic (exact) mass is 293 g/mol. The smallest absolute Gasteiger partial charge is 0.243 e. The SMILES string of the molecule is CNC1(C)CCN(S(=O)(=O)c2cccc(C#N)c2)CC1. The van der Waals surface area contributed by atoms with Gasteiger partial charge in [0.15, 0.2) is 0 Å². The predicted molar refractivity (Wildman–Crippen MR) is 76.6 cm³/mol. The number of piperidine rings is 1. The molecule has 5 nitrogen and oxygen atoms in total. The maximum atomic E-state index is 12.6. The van der Waals surface area contributed by atoms with Crippen LogP contribution in [-0.4, -0.2) is 38.4 Å². The molecule has 20 heavy (non-hydrogen) atoms. The lowest BCUT2D eigenvalue weighted by atomic mass is 9.91. The Bertz CT molecular complexity index is 626. The summed E-state index contributed by atoms with van der Waals surface area (Å²) in [6.07, 6.45) is 1.56. The van der Waals surface area contributed by atoms with E-state index in [9.17, 15) is 8.42 Å². The molecule has 0 amide bonds. The van der Waals surface area contributed by atoms with E-state index in [-0.39, 0.29) is 10.4 Å². The second-order valence-corrected chi connectivity index (χ2v) is 7.29. The van der Waals surface area contributed by atoms with Crippen molar-refractivity contribution in [3.05, 3.63) is 29.8 Å². The van der Waals surface area contributed by atoms with Gasteiger partial charge in [0.2, 0.25) is 10.0 Å². The normalized spacial score (nSPS) is 19.4. The molecule has 2 rings (SSSR count). The van der Waals surface area contributed by atoms with Crippen LogP contribution >= 0.6 is 0 Å². The van der Waals surface area contributed by atoms with E-state index in [0.717, 1.165) is 12.8 Å². The molecule has 1 aromatic carbocycles. The predicted octanol–water partition coefficient (Wildman–Crippen LogP) is 1.32. The summed E-state index contributed by atoms with van der Waals surface area (Å²) in [5.41, 5.74) is 0.365. The topological polar surface area (TPSA) is 73.2 Å². The van der Waals surface area contributed by atoms with Crippen LogP contribution in [0.25, 0.3) is 0 Å². The minimum absolute atomic E-state index is 0.000518. The van der Waals surface area contributed by atoms with E-state index in [1.54, 1.807) is 18.2 Å². The van der Waals surface area contributed by atoms with Crippen LogP contribution in [0.15, 0.2) is 29.2 Å². The molecule has 1 aromatic rings. The summed E-state index contributed by atoms with van der Waals surface area (Å²) in [5, 5.41) is 12.1. The first-order chi connectivity index (χ1) is 9.41. The first-order valence-electron chi connectivity index (χ1n) is 6.60. The zero-order valence-electron chi connectivity index (χ0n) is 11.8. The molecule has 108 valence electrons. The third-order valence-electron chi connectivity index (χ3n) is 4.03. The summed E-state index contributed by atoms with van der Waals surface area (Å²) in [6, 6.07) is 8.16. The van der Waals surface area contributed by atoms with Gasteiger partial charge in [-0.2, -0.15) is 9.57 Å². The van der Waals surface area contributed by atoms with E-state index in [1.165, 1.54) is 10.4 Å². The Morgan fingerprint density at radius 1 is 1.35 bits per heavy atom. The third-order valence-corrected chi connectivity index (χ3v) is 5.93. The van der Waals surface area contributed by atoms with Crippen molar-refractivity contribution in [2.75, 3.05) is 20.1 Å². The number of benzene rings is 1. The fraction of sp³-hybridized carbons (Fsp3) is 0.500. The van der Waals surface area contributed by atoms with Crippen molar-refractivity contribution in [3.8, 4) is 6.07 Å². The number of nitriles is 1. The van der Waals surface area contributed by atoms with Crippen molar-refractivity contribution in [2.24, 2.45) is 0 Å². The van der Waals surface area contributed by atoms with Crippen LogP contribution in [0.4, 0.5) is 0 Å². The highest BCUT2D eigenvalue weighted by molar-refractivity contribution is 7.89. The van der Waals surface area contributed by atoms with Gasteiger partial charge in [-0.15, -0.1) is 0 Å². The van der Waals surface area contributed by atoms with Gasteiger partial charge in [0, 0.05) is 18.6 Å². The van der Waals surface area contributed by atoms with E-state index in [2.05, 4.69) is 12.2 Å². The molecule has 1 aliphatic rings. The van der Waals surface area contributed by atoms with Crippen LogP contribution in [0.3, 0.4) is 0 Å². The molecule has 0 bridgehead atoms. The summed E-state index contributed by atoms with van der Waals surface area (Å²) in [7, 11) is -1.60. The van der Waals surface area contributed by atoms with Gasteiger partial charge in [-0.1, -0.05) is 6.07 Å². The number of hydrogen-bond acceptors (Lipinski definition) is 4. The molecular weight excluding hydrogens is 274 g/mol. The Morgan fingerprint density at radius 3 is 2.55 bits per heavy atom. The molecule has 0 radical (unpaired) electrons. The van der Waals surface area contributed by atoms with Gasteiger partial charge in [-0.3, -0.25) is 0 Å². The van der Waals surface area contributed by atoms with E-state index in [1.807, 2.05) is 13.1 Å². The van der Waals surface area contributed by atoms with Gasteiger partial charge in [0.25, 0.3) is 0 Å². The summed E-state index contributed by atoms with van der Waals surface area (Å²) in [5.74, 6) is 0. The third kappa shape index (κ3) is 2.85. The largest absolute Gasteiger partial charge is 0.314 e. The van der Waals surface area contributed by atoms with Gasteiger partial charge < -0.3 is 5.32 Å². The van der Waals surface area contributed by atoms with E-state index in [4.69, 9.17) is 5.26 Å². The molecular formula is C14H19N3O2S. The Labute approximate surface area is 120 Å². The molecule has 0 saturated carbocycles. The van der Waals surface area contributed by atoms with Crippen molar-refractivity contribution >= 4 is 10.0 Å². The van der Waals surface area contributed by atoms with Gasteiger partial charge >= 0.3 is 0 Å². The lowest BCUT2D eigenvalue weighted by Gasteiger charge is -2.38. The minimum Gasteiger partial charge on any atom is -0.314 e. The van der Waals surface area contributed by atoms with Crippen molar-refractivity contribution < 1.29 is 8.42 Å². The first-order valence-corrected chi connectivity index (χ1v) is 8.04. The van der Waals surface area contributed by atoms with Crippen LogP contribution < -0.4 is 5.32 Å². The first kappa shape index (κ1) is 15.0. The maximum absolute atomic E-state index is 12.6. The van der Waals surface area contributed by atoms with Gasteiger partial charge in [0.1, 0.15) is 0 Å². The Morgan fingerprint density at radius 2 is 2.00 bits per heavy atom. The number of nitrogens with zero attached hydrogens (tertiary/aromatic N) is 2. The molecule has 1 fully saturated rings. The fourth-order valence-corrected chi connectivity index (χ4v) is 3.83. The highest BCUT2D eigenvalue weighted by Gasteiger charge is 2.34. The van der Waals surface area contributed by atoms with Gasteiger partial charge in [-0.25, -0.2) is 8.42 Å². The highest BCUT2D eigenvalue weighted by Crippen LogP contribution is 2.26. The Kier molecular flexibility index (Phi) is 4.14. The second-order valence-electron chi connectivity index (χ2n) is 5.35. The Hall–Kier alpha value is -1.42. The van der Waals surface area contributed by atoms with Crippen LogP contribution in [0, 0.1) is 11.3 Å². The van der Waals surface area contributed by atoms with Crippen LogP contribution in [0.2, 0.25) is 0 Å². The average molecular weight is 293 g/mol. The Balaban J connectivity index is 2.22. The average Bonchev–Trinajstić information content (AvgIpc) is 2.48. The molecule has 0 aliphatic carbocycles. The van der Waals surface area contributed by atoms with Gasteiger partial charge in [0.05, 0.1) is 16.5 Å².